The highest BCUT2D eigenvalue weighted by atomic mass is 32.2. The van der Waals surface area contributed by atoms with E-state index in [4.69, 9.17) is 0 Å². The quantitative estimate of drug-likeness (QED) is 0.828. The number of nitrogens with one attached hydrogen (secondary N) is 1. The summed E-state index contributed by atoms with van der Waals surface area (Å²) in [6.07, 6.45) is 0.244. The third-order valence-corrected chi connectivity index (χ3v) is 6.68. The second kappa shape index (κ2) is 6.76. The van der Waals surface area contributed by atoms with Gasteiger partial charge in [0.25, 0.3) is 0 Å². The highest BCUT2D eigenvalue weighted by molar-refractivity contribution is 7.88. The molecule has 2 amide bonds. The Balaban J connectivity index is 1.85. The Morgan fingerprint density at radius 1 is 1.20 bits per heavy atom. The Labute approximate surface area is 148 Å². The maximum Gasteiger partial charge on any atom is 0.220 e. The van der Waals surface area contributed by atoms with Gasteiger partial charge in [0.15, 0.2) is 0 Å². The van der Waals surface area contributed by atoms with Gasteiger partial charge >= 0.3 is 0 Å². The van der Waals surface area contributed by atoms with E-state index in [-0.39, 0.29) is 37.1 Å². The van der Waals surface area contributed by atoms with Crippen molar-refractivity contribution in [1.82, 2.24) is 14.5 Å². The fraction of sp³-hybridized carbons (Fsp3) is 0.529. The fourth-order valence-electron chi connectivity index (χ4n) is 3.58. The molecule has 25 heavy (non-hydrogen) atoms. The van der Waals surface area contributed by atoms with E-state index >= 15 is 0 Å². The molecule has 1 aromatic carbocycles. The Morgan fingerprint density at radius 3 is 2.52 bits per heavy atom. The van der Waals surface area contributed by atoms with Crippen molar-refractivity contribution in [1.29, 1.82) is 0 Å². The zero-order valence-corrected chi connectivity index (χ0v) is 15.1. The number of hydrogen-bond donors (Lipinski definition) is 1. The van der Waals surface area contributed by atoms with Crippen LogP contribution in [0.25, 0.3) is 0 Å². The summed E-state index contributed by atoms with van der Waals surface area (Å²) in [6, 6.07) is 9.04. The van der Waals surface area contributed by atoms with Gasteiger partial charge < -0.3 is 10.2 Å². The summed E-state index contributed by atoms with van der Waals surface area (Å²) in [4.78, 5) is 25.3. The minimum atomic E-state index is -3.53. The molecule has 1 unspecified atom stereocenters. The van der Waals surface area contributed by atoms with Crippen molar-refractivity contribution in [2.24, 2.45) is 5.41 Å². The topological polar surface area (TPSA) is 86.8 Å². The van der Waals surface area contributed by atoms with E-state index in [1.807, 2.05) is 18.2 Å². The average molecular weight is 365 g/mol. The van der Waals surface area contributed by atoms with Crippen LogP contribution in [-0.4, -0.2) is 62.2 Å². The molecule has 2 aliphatic heterocycles. The highest BCUT2D eigenvalue weighted by Crippen LogP contribution is 2.32. The lowest BCUT2D eigenvalue weighted by molar-refractivity contribution is -0.130. The third kappa shape index (κ3) is 4.01. The molecule has 136 valence electrons. The minimum Gasteiger partial charge on any atom is -0.355 e. The maximum absolute atomic E-state index is 12.9. The third-order valence-electron chi connectivity index (χ3n) is 4.88. The Hall–Kier alpha value is -1.93. The Morgan fingerprint density at radius 2 is 1.92 bits per heavy atom. The lowest BCUT2D eigenvalue weighted by Crippen LogP contribution is -2.44. The molecule has 1 atom stereocenters. The Bertz CT molecular complexity index is 765. The number of hydrogen-bond acceptors (Lipinski definition) is 4. The van der Waals surface area contributed by atoms with Crippen molar-refractivity contribution in [3.63, 3.8) is 0 Å². The van der Waals surface area contributed by atoms with E-state index in [1.165, 1.54) is 11.2 Å². The van der Waals surface area contributed by atoms with Crippen LogP contribution in [0.3, 0.4) is 0 Å². The largest absolute Gasteiger partial charge is 0.355 e. The molecule has 0 aromatic heterocycles. The summed E-state index contributed by atoms with van der Waals surface area (Å²) in [5.74, 6) is -0.266. The van der Waals surface area contributed by atoms with Crippen LogP contribution in [-0.2, 0) is 25.4 Å². The van der Waals surface area contributed by atoms with Crippen LogP contribution in [0.4, 0.5) is 0 Å². The molecule has 1 spiro atoms. The van der Waals surface area contributed by atoms with Gasteiger partial charge in [-0.05, 0) is 5.56 Å². The van der Waals surface area contributed by atoms with Crippen molar-refractivity contribution in [3.8, 4) is 0 Å². The smallest absolute Gasteiger partial charge is 0.220 e. The van der Waals surface area contributed by atoms with Crippen LogP contribution in [0.2, 0.25) is 0 Å². The number of rotatable bonds is 3. The molecule has 3 rings (SSSR count). The summed E-state index contributed by atoms with van der Waals surface area (Å²) in [6.45, 7) is 3.13. The predicted molar refractivity (Wildman–Crippen MR) is 93.0 cm³/mol. The zero-order chi connectivity index (χ0) is 18.1. The van der Waals surface area contributed by atoms with E-state index in [0.717, 1.165) is 5.56 Å². The summed E-state index contributed by atoms with van der Waals surface area (Å²) >= 11 is 0. The van der Waals surface area contributed by atoms with Crippen LogP contribution in [0.1, 0.15) is 18.9 Å². The fourth-order valence-corrected chi connectivity index (χ4v) is 5.20. The molecular weight excluding hydrogens is 342 g/mol. The van der Waals surface area contributed by atoms with Gasteiger partial charge in [0.2, 0.25) is 21.8 Å². The van der Waals surface area contributed by atoms with Gasteiger partial charge in [-0.1, -0.05) is 30.3 Å². The second-order valence-electron chi connectivity index (χ2n) is 6.97. The minimum absolute atomic E-state index is 0.0780. The van der Waals surface area contributed by atoms with Crippen LogP contribution < -0.4 is 5.32 Å². The molecule has 2 fully saturated rings. The Kier molecular flexibility index (Phi) is 4.83. The van der Waals surface area contributed by atoms with E-state index in [0.29, 0.717) is 19.6 Å². The standard InChI is InChI=1S/C17H23N3O4S/c1-14(21)19-7-8-20(13-17(12-19)9-16(22)18-11-17)25(23,24)10-15-5-3-2-4-6-15/h2-6H,7-13H2,1H3,(H,18,22). The molecule has 2 heterocycles. The molecule has 0 radical (unpaired) electrons. The lowest BCUT2D eigenvalue weighted by Gasteiger charge is -2.32. The monoisotopic (exact) mass is 365 g/mol. The normalized spacial score (nSPS) is 25.0. The maximum atomic E-state index is 12.9. The molecular formula is C17H23N3O4S. The van der Waals surface area contributed by atoms with Gasteiger partial charge in [-0.3, -0.25) is 9.59 Å². The van der Waals surface area contributed by atoms with Crippen molar-refractivity contribution >= 4 is 21.8 Å². The summed E-state index contributed by atoms with van der Waals surface area (Å²) in [5.41, 5.74) is 0.174. The van der Waals surface area contributed by atoms with E-state index in [1.54, 1.807) is 17.0 Å². The number of carbonyl (C=O) groups is 2. The van der Waals surface area contributed by atoms with E-state index in [9.17, 15) is 18.0 Å². The molecule has 2 aliphatic rings. The first kappa shape index (κ1) is 17.9. The van der Waals surface area contributed by atoms with Crippen LogP contribution in [0.5, 0.6) is 0 Å². The number of amides is 2. The van der Waals surface area contributed by atoms with Crippen molar-refractivity contribution < 1.29 is 18.0 Å². The van der Waals surface area contributed by atoms with Gasteiger partial charge in [-0.15, -0.1) is 0 Å². The number of benzene rings is 1. The number of carbonyl (C=O) groups excluding carboxylic acids is 2. The van der Waals surface area contributed by atoms with E-state index in [2.05, 4.69) is 5.32 Å². The van der Waals surface area contributed by atoms with Crippen molar-refractivity contribution in [2.75, 3.05) is 32.7 Å². The van der Waals surface area contributed by atoms with Gasteiger partial charge in [0, 0.05) is 51.5 Å². The molecule has 7 nitrogen and oxygen atoms in total. The molecule has 1 aromatic rings. The summed E-state index contributed by atoms with van der Waals surface area (Å²) in [5, 5.41) is 2.79. The predicted octanol–water partition coefficient (Wildman–Crippen LogP) is 0.187. The molecule has 8 heteroatoms. The van der Waals surface area contributed by atoms with Crippen LogP contribution in [0.15, 0.2) is 30.3 Å². The number of sulfonamides is 1. The zero-order valence-electron chi connectivity index (χ0n) is 14.3. The lowest BCUT2D eigenvalue weighted by atomic mass is 9.86. The van der Waals surface area contributed by atoms with Gasteiger partial charge in [0.05, 0.1) is 5.75 Å². The number of nitrogens with zero attached hydrogens (tertiary/aromatic N) is 2. The highest BCUT2D eigenvalue weighted by Gasteiger charge is 2.45. The summed E-state index contributed by atoms with van der Waals surface area (Å²) < 4.78 is 27.3. The SMILES string of the molecule is CC(=O)N1CCN(S(=O)(=O)Cc2ccccc2)CC2(CNC(=O)C2)C1. The van der Waals surface area contributed by atoms with Crippen LogP contribution in [0, 0.1) is 5.41 Å². The molecule has 0 aliphatic carbocycles. The van der Waals surface area contributed by atoms with Gasteiger partial charge in [-0.25, -0.2) is 8.42 Å². The van der Waals surface area contributed by atoms with Gasteiger partial charge in [0.1, 0.15) is 0 Å². The molecule has 2 saturated heterocycles. The average Bonchev–Trinajstić information content (AvgIpc) is 2.78. The van der Waals surface area contributed by atoms with E-state index < -0.39 is 15.4 Å². The van der Waals surface area contributed by atoms with Crippen molar-refractivity contribution in [3.05, 3.63) is 35.9 Å². The van der Waals surface area contributed by atoms with Gasteiger partial charge in [-0.2, -0.15) is 4.31 Å². The molecule has 0 bridgehead atoms. The van der Waals surface area contributed by atoms with Crippen LogP contribution >= 0.6 is 0 Å². The molecule has 0 saturated carbocycles. The second-order valence-corrected chi connectivity index (χ2v) is 8.94. The van der Waals surface area contributed by atoms with Crippen molar-refractivity contribution in [2.45, 2.75) is 19.1 Å². The first-order chi connectivity index (χ1) is 11.8. The first-order valence-electron chi connectivity index (χ1n) is 8.34. The first-order valence-corrected chi connectivity index (χ1v) is 9.95. The molecule has 1 N–H and O–H groups in total. The summed E-state index contributed by atoms with van der Waals surface area (Å²) in [7, 11) is -3.53.